The van der Waals surface area contributed by atoms with Crippen LogP contribution in [0.1, 0.15) is 44.6 Å². The zero-order valence-corrected chi connectivity index (χ0v) is 15.2. The fourth-order valence-corrected chi connectivity index (χ4v) is 3.87. The van der Waals surface area contributed by atoms with E-state index in [0.29, 0.717) is 12.3 Å². The molecule has 2 aromatic rings. The Bertz CT molecular complexity index is 719. The molecular weight excluding hydrogens is 317 g/mol. The first-order valence-electron chi connectivity index (χ1n) is 9.39. The van der Waals surface area contributed by atoms with Crippen molar-refractivity contribution < 1.29 is 9.18 Å². The summed E-state index contributed by atoms with van der Waals surface area (Å²) >= 11 is 0. The molecule has 136 valence electrons. The van der Waals surface area contributed by atoms with E-state index in [1.165, 1.54) is 5.56 Å². The molecule has 1 amide bonds. The number of carbonyl (C=O) groups is 1. The van der Waals surface area contributed by atoms with E-state index < -0.39 is 0 Å². The van der Waals surface area contributed by atoms with Gasteiger partial charge in [-0.3, -0.25) is 4.79 Å². The highest BCUT2D eigenvalue weighted by molar-refractivity contribution is 5.83. The van der Waals surface area contributed by atoms with Crippen LogP contribution in [0.3, 0.4) is 0 Å². The van der Waals surface area contributed by atoms with Crippen LogP contribution in [-0.4, -0.2) is 53.4 Å². The van der Waals surface area contributed by atoms with Crippen LogP contribution in [0.2, 0.25) is 0 Å². The molecule has 4 nitrogen and oxygen atoms in total. The number of H-pyrrole nitrogens is 1. The lowest BCUT2D eigenvalue weighted by molar-refractivity contribution is -0.130. The molecule has 1 aromatic carbocycles. The quantitative estimate of drug-likeness (QED) is 0.866. The Hall–Kier alpha value is -1.88. The number of fused-ring (bicyclic) bond motifs is 1. The van der Waals surface area contributed by atoms with Crippen molar-refractivity contribution in [3.8, 4) is 0 Å². The number of hydrogen-bond acceptors (Lipinski definition) is 2. The maximum Gasteiger partial charge on any atom is 0.222 e. The number of likely N-dealkylation sites (tertiary alicyclic amines) is 1. The molecule has 0 unspecified atom stereocenters. The second kappa shape index (κ2) is 8.00. The van der Waals surface area contributed by atoms with Crippen molar-refractivity contribution >= 4 is 16.8 Å². The minimum atomic E-state index is -0.196. The number of aromatic nitrogens is 1. The van der Waals surface area contributed by atoms with Gasteiger partial charge in [0.1, 0.15) is 5.82 Å². The third-order valence-corrected chi connectivity index (χ3v) is 5.43. The molecule has 0 radical (unpaired) electrons. The van der Waals surface area contributed by atoms with Gasteiger partial charge in [0.05, 0.1) is 0 Å². The summed E-state index contributed by atoms with van der Waals surface area (Å²) in [6, 6.07) is 5.00. The largest absolute Gasteiger partial charge is 0.361 e. The van der Waals surface area contributed by atoms with Gasteiger partial charge in [0.15, 0.2) is 0 Å². The molecule has 1 aliphatic rings. The fourth-order valence-electron chi connectivity index (χ4n) is 3.87. The smallest absolute Gasteiger partial charge is 0.222 e. The molecule has 0 spiro atoms. The topological polar surface area (TPSA) is 39.3 Å². The molecule has 3 rings (SSSR count). The number of aromatic amines is 1. The van der Waals surface area contributed by atoms with Crippen LogP contribution >= 0.6 is 0 Å². The van der Waals surface area contributed by atoms with E-state index in [4.69, 9.17) is 0 Å². The predicted molar refractivity (Wildman–Crippen MR) is 99.2 cm³/mol. The standard InChI is InChI=1S/C20H28FN3O/c1-3-20(25)24(4-2)12-11-23-9-7-15(8-10-23)18-14-22-19-13-16(21)5-6-17(18)19/h5-6,13-15,22H,3-4,7-12H2,1-2H3. The summed E-state index contributed by atoms with van der Waals surface area (Å²) in [5.41, 5.74) is 2.19. The molecule has 0 bridgehead atoms. The molecule has 0 saturated carbocycles. The number of likely N-dealkylation sites (N-methyl/N-ethyl adjacent to an activating group) is 1. The summed E-state index contributed by atoms with van der Waals surface area (Å²) in [5.74, 6) is 0.566. The van der Waals surface area contributed by atoms with Crippen LogP contribution in [0.25, 0.3) is 10.9 Å². The third kappa shape index (κ3) is 4.03. The minimum Gasteiger partial charge on any atom is -0.361 e. The number of hydrogen-bond donors (Lipinski definition) is 1. The highest BCUT2D eigenvalue weighted by Gasteiger charge is 2.23. The molecule has 1 N–H and O–H groups in total. The second-order valence-electron chi connectivity index (χ2n) is 6.88. The molecule has 0 atom stereocenters. The summed E-state index contributed by atoms with van der Waals surface area (Å²) in [6.45, 7) is 8.62. The van der Waals surface area contributed by atoms with Crippen LogP contribution < -0.4 is 0 Å². The van der Waals surface area contributed by atoms with Crippen molar-refractivity contribution in [3.63, 3.8) is 0 Å². The van der Waals surface area contributed by atoms with Gasteiger partial charge in [-0.1, -0.05) is 6.92 Å². The Labute approximate surface area is 149 Å². The lowest BCUT2D eigenvalue weighted by Crippen LogP contribution is -2.41. The van der Waals surface area contributed by atoms with E-state index in [1.54, 1.807) is 12.1 Å². The maximum absolute atomic E-state index is 13.3. The summed E-state index contributed by atoms with van der Waals surface area (Å²) in [6.07, 6.45) is 4.84. The highest BCUT2D eigenvalue weighted by Crippen LogP contribution is 2.33. The van der Waals surface area contributed by atoms with Crippen molar-refractivity contribution in [1.82, 2.24) is 14.8 Å². The van der Waals surface area contributed by atoms with Crippen LogP contribution in [0.15, 0.2) is 24.4 Å². The van der Waals surface area contributed by atoms with Gasteiger partial charge < -0.3 is 14.8 Å². The number of nitrogens with one attached hydrogen (secondary N) is 1. The number of carbonyl (C=O) groups excluding carboxylic acids is 1. The van der Waals surface area contributed by atoms with Gasteiger partial charge in [-0.15, -0.1) is 0 Å². The van der Waals surface area contributed by atoms with Gasteiger partial charge in [0.2, 0.25) is 5.91 Å². The molecule has 25 heavy (non-hydrogen) atoms. The normalized spacial score (nSPS) is 16.4. The van der Waals surface area contributed by atoms with E-state index in [9.17, 15) is 9.18 Å². The number of halogens is 1. The number of benzene rings is 1. The van der Waals surface area contributed by atoms with E-state index in [2.05, 4.69) is 9.88 Å². The summed E-state index contributed by atoms with van der Waals surface area (Å²) in [7, 11) is 0. The Kier molecular flexibility index (Phi) is 5.74. The highest BCUT2D eigenvalue weighted by atomic mass is 19.1. The molecule has 1 fully saturated rings. The lowest BCUT2D eigenvalue weighted by atomic mass is 9.89. The number of rotatable bonds is 6. The SMILES string of the molecule is CCC(=O)N(CC)CCN1CCC(c2c[nH]c3cc(F)ccc23)CC1. The monoisotopic (exact) mass is 345 g/mol. The summed E-state index contributed by atoms with van der Waals surface area (Å²) < 4.78 is 13.3. The second-order valence-corrected chi connectivity index (χ2v) is 6.88. The predicted octanol–water partition coefficient (Wildman–Crippen LogP) is 3.74. The molecule has 2 heterocycles. The van der Waals surface area contributed by atoms with Gasteiger partial charge in [0.25, 0.3) is 0 Å². The summed E-state index contributed by atoms with van der Waals surface area (Å²) in [5, 5.41) is 1.14. The van der Waals surface area contributed by atoms with Crippen LogP contribution in [0.5, 0.6) is 0 Å². The molecule has 0 aliphatic carbocycles. The zero-order valence-electron chi connectivity index (χ0n) is 15.2. The first-order chi connectivity index (χ1) is 12.1. The zero-order chi connectivity index (χ0) is 17.8. The fraction of sp³-hybridized carbons (Fsp3) is 0.550. The van der Waals surface area contributed by atoms with E-state index >= 15 is 0 Å². The Morgan fingerprint density at radius 2 is 2.08 bits per heavy atom. The van der Waals surface area contributed by atoms with E-state index in [1.807, 2.05) is 31.0 Å². The Morgan fingerprint density at radius 1 is 1.32 bits per heavy atom. The summed E-state index contributed by atoms with van der Waals surface area (Å²) in [4.78, 5) is 19.5. The van der Waals surface area contributed by atoms with Crippen molar-refractivity contribution in [3.05, 3.63) is 35.8 Å². The van der Waals surface area contributed by atoms with E-state index in [0.717, 1.165) is 56.5 Å². The van der Waals surface area contributed by atoms with Crippen LogP contribution in [0, 0.1) is 5.82 Å². The van der Waals surface area contributed by atoms with Gasteiger partial charge in [-0.05, 0) is 62.5 Å². The van der Waals surface area contributed by atoms with Crippen molar-refractivity contribution in [2.75, 3.05) is 32.7 Å². The van der Waals surface area contributed by atoms with Gasteiger partial charge in [0, 0.05) is 43.2 Å². The van der Waals surface area contributed by atoms with Gasteiger partial charge in [-0.25, -0.2) is 4.39 Å². The first-order valence-corrected chi connectivity index (χ1v) is 9.39. The van der Waals surface area contributed by atoms with Crippen LogP contribution in [-0.2, 0) is 4.79 Å². The van der Waals surface area contributed by atoms with Gasteiger partial charge in [-0.2, -0.15) is 0 Å². The maximum atomic E-state index is 13.3. The average Bonchev–Trinajstić information content (AvgIpc) is 3.05. The number of piperidine rings is 1. The minimum absolute atomic E-state index is 0.196. The molecular formula is C20H28FN3O. The molecule has 5 heteroatoms. The van der Waals surface area contributed by atoms with E-state index in [-0.39, 0.29) is 11.7 Å². The average molecular weight is 345 g/mol. The van der Waals surface area contributed by atoms with Crippen molar-refractivity contribution in [2.24, 2.45) is 0 Å². The molecule has 1 saturated heterocycles. The lowest BCUT2D eigenvalue weighted by Gasteiger charge is -2.33. The molecule has 1 aromatic heterocycles. The Balaban J connectivity index is 1.55. The third-order valence-electron chi connectivity index (χ3n) is 5.43. The number of nitrogens with zero attached hydrogens (tertiary/aromatic N) is 2. The van der Waals surface area contributed by atoms with Crippen LogP contribution in [0.4, 0.5) is 4.39 Å². The first kappa shape index (κ1) is 17.9. The molecule has 1 aliphatic heterocycles. The van der Waals surface area contributed by atoms with Crippen molar-refractivity contribution in [2.45, 2.75) is 39.0 Å². The Morgan fingerprint density at radius 3 is 2.76 bits per heavy atom. The number of amides is 1. The van der Waals surface area contributed by atoms with Crippen molar-refractivity contribution in [1.29, 1.82) is 0 Å². The van der Waals surface area contributed by atoms with Gasteiger partial charge >= 0.3 is 0 Å².